The van der Waals surface area contributed by atoms with E-state index in [1.54, 1.807) is 12.2 Å². The fraction of sp³-hybridized carbons (Fsp3) is 0.143. The number of aliphatic imine (C=N–C) groups is 1. The maximum Gasteiger partial charge on any atom is 0.250 e. The summed E-state index contributed by atoms with van der Waals surface area (Å²) in [7, 11) is 0. The van der Waals surface area contributed by atoms with E-state index in [0.717, 1.165) is 11.1 Å². The van der Waals surface area contributed by atoms with Gasteiger partial charge in [0.15, 0.2) is 5.96 Å². The zero-order valence-electron chi connectivity index (χ0n) is 10.4. The van der Waals surface area contributed by atoms with Crippen molar-refractivity contribution in [2.75, 3.05) is 6.54 Å². The molecule has 0 saturated carbocycles. The summed E-state index contributed by atoms with van der Waals surface area (Å²) in [5.41, 5.74) is 7.60. The average Bonchev–Trinajstić information content (AvgIpc) is 2.35. The quantitative estimate of drug-likeness (QED) is 0.365. The van der Waals surface area contributed by atoms with Gasteiger partial charge in [-0.3, -0.25) is 10.1 Å². The van der Waals surface area contributed by atoms with Gasteiger partial charge in [0.25, 0.3) is 5.91 Å². The number of benzene rings is 1. The molecule has 4 heteroatoms. The van der Waals surface area contributed by atoms with Crippen molar-refractivity contribution in [3.05, 3.63) is 54.1 Å². The summed E-state index contributed by atoms with van der Waals surface area (Å²) in [4.78, 5) is 15.4. The molecule has 0 bridgehead atoms. The van der Waals surface area contributed by atoms with Gasteiger partial charge in [-0.15, -0.1) is 6.58 Å². The zero-order chi connectivity index (χ0) is 13.4. The topological polar surface area (TPSA) is 67.5 Å². The normalized spacial score (nSPS) is 11.5. The molecule has 1 amide bonds. The van der Waals surface area contributed by atoms with E-state index in [0.29, 0.717) is 6.54 Å². The molecule has 0 aliphatic rings. The molecule has 0 saturated heterocycles. The second kappa shape index (κ2) is 7.06. The molecule has 0 aromatic heterocycles. The molecule has 1 aromatic carbocycles. The largest absolute Gasteiger partial charge is 0.370 e. The van der Waals surface area contributed by atoms with Gasteiger partial charge in [-0.25, -0.2) is 4.99 Å². The van der Waals surface area contributed by atoms with Crippen molar-refractivity contribution in [2.45, 2.75) is 6.92 Å². The van der Waals surface area contributed by atoms with E-state index in [1.807, 2.05) is 31.2 Å². The van der Waals surface area contributed by atoms with Crippen LogP contribution < -0.4 is 11.1 Å². The van der Waals surface area contributed by atoms with Crippen LogP contribution in [0.4, 0.5) is 0 Å². The third kappa shape index (κ3) is 4.65. The first-order chi connectivity index (χ1) is 8.63. The molecule has 1 rings (SSSR count). The zero-order valence-corrected chi connectivity index (χ0v) is 10.4. The predicted molar refractivity (Wildman–Crippen MR) is 75.0 cm³/mol. The van der Waals surface area contributed by atoms with E-state index < -0.39 is 0 Å². The summed E-state index contributed by atoms with van der Waals surface area (Å²) in [6, 6.07) is 7.79. The molecule has 0 atom stereocenters. The minimum atomic E-state index is -0.302. The van der Waals surface area contributed by atoms with Crippen molar-refractivity contribution in [2.24, 2.45) is 10.7 Å². The Balaban J connectivity index is 2.60. The summed E-state index contributed by atoms with van der Waals surface area (Å²) in [6.07, 6.45) is 4.77. The summed E-state index contributed by atoms with van der Waals surface area (Å²) in [6.45, 7) is 5.87. The summed E-state index contributed by atoms with van der Waals surface area (Å²) >= 11 is 0. The Labute approximate surface area is 107 Å². The van der Waals surface area contributed by atoms with E-state index in [1.165, 1.54) is 6.08 Å². The Kier molecular flexibility index (Phi) is 5.38. The van der Waals surface area contributed by atoms with Crippen LogP contribution in [0.15, 0.2) is 48.0 Å². The number of carbonyl (C=O) groups is 1. The van der Waals surface area contributed by atoms with Gasteiger partial charge in [-0.05, 0) is 24.1 Å². The molecule has 0 aliphatic heterocycles. The van der Waals surface area contributed by atoms with Gasteiger partial charge in [-0.1, -0.05) is 30.3 Å². The number of guanidine groups is 1. The molecule has 0 heterocycles. The molecule has 18 heavy (non-hydrogen) atoms. The molecule has 4 nitrogen and oxygen atoms in total. The van der Waals surface area contributed by atoms with Gasteiger partial charge in [0, 0.05) is 6.08 Å². The third-order valence-electron chi connectivity index (χ3n) is 2.24. The van der Waals surface area contributed by atoms with E-state index in [9.17, 15) is 4.79 Å². The Morgan fingerprint density at radius 3 is 2.89 bits per heavy atom. The van der Waals surface area contributed by atoms with Gasteiger partial charge < -0.3 is 5.73 Å². The van der Waals surface area contributed by atoms with Gasteiger partial charge >= 0.3 is 0 Å². The lowest BCUT2D eigenvalue weighted by Crippen LogP contribution is -2.35. The number of hydrogen-bond acceptors (Lipinski definition) is 2. The number of nitrogens with zero attached hydrogens (tertiary/aromatic N) is 1. The van der Waals surface area contributed by atoms with Crippen LogP contribution in [-0.2, 0) is 4.79 Å². The van der Waals surface area contributed by atoms with E-state index in [4.69, 9.17) is 5.73 Å². The highest BCUT2D eigenvalue weighted by atomic mass is 16.1. The standard InChI is InChI=1S/C14H17N3O/c1-3-10-16-14(15)17-13(18)9-8-12-7-5-4-6-11(12)2/h3-9H,1,10H2,2H3,(H3,15,16,17,18). The molecule has 0 unspecified atom stereocenters. The van der Waals surface area contributed by atoms with Gasteiger partial charge in [-0.2, -0.15) is 0 Å². The number of nitrogens with two attached hydrogens (primary N) is 1. The van der Waals surface area contributed by atoms with E-state index in [-0.39, 0.29) is 11.9 Å². The molecule has 0 aliphatic carbocycles. The lowest BCUT2D eigenvalue weighted by atomic mass is 10.1. The highest BCUT2D eigenvalue weighted by molar-refractivity contribution is 6.03. The van der Waals surface area contributed by atoms with Gasteiger partial charge in [0.2, 0.25) is 0 Å². The first kappa shape index (κ1) is 13.7. The fourth-order valence-electron chi connectivity index (χ4n) is 1.31. The van der Waals surface area contributed by atoms with Crippen molar-refractivity contribution >= 4 is 17.9 Å². The van der Waals surface area contributed by atoms with Gasteiger partial charge in [0.05, 0.1) is 6.54 Å². The Bertz CT molecular complexity index is 490. The fourth-order valence-corrected chi connectivity index (χ4v) is 1.31. The van der Waals surface area contributed by atoms with Crippen LogP contribution in [0.25, 0.3) is 6.08 Å². The Morgan fingerprint density at radius 1 is 1.50 bits per heavy atom. The monoisotopic (exact) mass is 243 g/mol. The summed E-state index contributed by atoms with van der Waals surface area (Å²) < 4.78 is 0. The van der Waals surface area contributed by atoms with E-state index in [2.05, 4.69) is 16.9 Å². The first-order valence-electron chi connectivity index (χ1n) is 5.59. The molecule has 1 aromatic rings. The van der Waals surface area contributed by atoms with Crippen LogP contribution in [-0.4, -0.2) is 18.4 Å². The lowest BCUT2D eigenvalue weighted by Gasteiger charge is -2.01. The molecule has 0 spiro atoms. The minimum absolute atomic E-state index is 0.0920. The molecular formula is C14H17N3O. The predicted octanol–water partition coefficient (Wildman–Crippen LogP) is 1.63. The molecular weight excluding hydrogens is 226 g/mol. The first-order valence-corrected chi connectivity index (χ1v) is 5.59. The molecule has 0 fully saturated rings. The summed E-state index contributed by atoms with van der Waals surface area (Å²) in [5, 5.41) is 2.46. The highest BCUT2D eigenvalue weighted by Crippen LogP contribution is 2.08. The van der Waals surface area contributed by atoms with Crippen LogP contribution in [0, 0.1) is 6.92 Å². The van der Waals surface area contributed by atoms with Crippen LogP contribution in [0.3, 0.4) is 0 Å². The average molecular weight is 243 g/mol. The maximum absolute atomic E-state index is 11.5. The number of hydrogen-bond donors (Lipinski definition) is 2. The molecule has 3 N–H and O–H groups in total. The smallest absolute Gasteiger partial charge is 0.250 e. The second-order valence-electron chi connectivity index (χ2n) is 3.69. The second-order valence-corrected chi connectivity index (χ2v) is 3.69. The van der Waals surface area contributed by atoms with Crippen LogP contribution in [0.1, 0.15) is 11.1 Å². The van der Waals surface area contributed by atoms with Crippen LogP contribution >= 0.6 is 0 Å². The summed E-state index contributed by atoms with van der Waals surface area (Å²) in [5.74, 6) is -0.210. The molecule has 0 radical (unpaired) electrons. The van der Waals surface area contributed by atoms with Crippen LogP contribution in [0.2, 0.25) is 0 Å². The lowest BCUT2D eigenvalue weighted by molar-refractivity contribution is -0.115. The Hall–Kier alpha value is -2.36. The molecule has 94 valence electrons. The SMILES string of the molecule is C=CCN=C(N)NC(=O)C=Cc1ccccc1C. The van der Waals surface area contributed by atoms with Crippen molar-refractivity contribution in [1.82, 2.24) is 5.32 Å². The number of rotatable bonds is 4. The van der Waals surface area contributed by atoms with Crippen molar-refractivity contribution in [3.8, 4) is 0 Å². The Morgan fingerprint density at radius 2 is 2.22 bits per heavy atom. The highest BCUT2D eigenvalue weighted by Gasteiger charge is 1.98. The number of aryl methyl sites for hydroxylation is 1. The van der Waals surface area contributed by atoms with Crippen molar-refractivity contribution in [1.29, 1.82) is 0 Å². The van der Waals surface area contributed by atoms with Crippen LogP contribution in [0.5, 0.6) is 0 Å². The number of carbonyl (C=O) groups excluding carboxylic acids is 1. The van der Waals surface area contributed by atoms with Gasteiger partial charge in [0.1, 0.15) is 0 Å². The minimum Gasteiger partial charge on any atom is -0.370 e. The van der Waals surface area contributed by atoms with Crippen molar-refractivity contribution in [3.63, 3.8) is 0 Å². The third-order valence-corrected chi connectivity index (χ3v) is 2.24. The van der Waals surface area contributed by atoms with Crippen molar-refractivity contribution < 1.29 is 4.79 Å². The van der Waals surface area contributed by atoms with E-state index >= 15 is 0 Å². The number of nitrogens with one attached hydrogen (secondary N) is 1. The number of amides is 1. The maximum atomic E-state index is 11.5.